The Kier molecular flexibility index (Phi) is 7.03. The third kappa shape index (κ3) is 5.22. The maximum atomic E-state index is 12.7. The van der Waals surface area contributed by atoms with Crippen molar-refractivity contribution in [2.45, 2.75) is 64.0 Å². The molecule has 2 aliphatic rings. The zero-order chi connectivity index (χ0) is 23.3. The van der Waals surface area contributed by atoms with Gasteiger partial charge in [-0.2, -0.15) is 0 Å². The van der Waals surface area contributed by atoms with Crippen molar-refractivity contribution in [3.8, 4) is 0 Å². The summed E-state index contributed by atoms with van der Waals surface area (Å²) in [6, 6.07) is 23.8. The smallest absolute Gasteiger partial charge is 0.315 e. The standard InChI is InChI=1S/C30H37N3O/c1-22(27-13-6-10-24-8-2-4-12-28(24)27)31-30(34)32-26-17-15-23(16-18-26)19-21-33-20-7-11-25-9-3-5-14-29(25)33/h2-6,8-10,12-14,22-23,26H,7,11,15-21H2,1H3,(H2,31,32,34). The number of hydrogen-bond donors (Lipinski definition) is 2. The number of benzene rings is 3. The molecule has 1 heterocycles. The molecule has 34 heavy (non-hydrogen) atoms. The first-order chi connectivity index (χ1) is 16.7. The van der Waals surface area contributed by atoms with Gasteiger partial charge in [0.1, 0.15) is 0 Å². The van der Waals surface area contributed by atoms with Crippen LogP contribution in [0.1, 0.15) is 62.6 Å². The summed E-state index contributed by atoms with van der Waals surface area (Å²) in [5.74, 6) is 0.768. The number of anilines is 1. The summed E-state index contributed by atoms with van der Waals surface area (Å²) in [5.41, 5.74) is 4.11. The van der Waals surface area contributed by atoms with Crippen molar-refractivity contribution >= 4 is 22.5 Å². The number of carbonyl (C=O) groups is 1. The van der Waals surface area contributed by atoms with Crippen molar-refractivity contribution in [1.82, 2.24) is 10.6 Å². The van der Waals surface area contributed by atoms with E-state index in [1.807, 2.05) is 0 Å². The van der Waals surface area contributed by atoms with Crippen molar-refractivity contribution < 1.29 is 4.79 Å². The van der Waals surface area contributed by atoms with Crippen molar-refractivity contribution in [1.29, 1.82) is 0 Å². The van der Waals surface area contributed by atoms with Gasteiger partial charge in [-0.15, -0.1) is 0 Å². The molecule has 0 aromatic heterocycles. The fourth-order valence-corrected chi connectivity index (χ4v) is 5.91. The first-order valence-electron chi connectivity index (χ1n) is 13.0. The van der Waals surface area contributed by atoms with Gasteiger partial charge in [-0.3, -0.25) is 0 Å². The normalized spacial score (nSPS) is 21.0. The van der Waals surface area contributed by atoms with Gasteiger partial charge in [0.2, 0.25) is 0 Å². The Morgan fingerprint density at radius 2 is 1.74 bits per heavy atom. The van der Waals surface area contributed by atoms with Crippen LogP contribution < -0.4 is 15.5 Å². The van der Waals surface area contributed by atoms with Crippen LogP contribution in [0, 0.1) is 5.92 Å². The van der Waals surface area contributed by atoms with Crippen molar-refractivity contribution in [2.24, 2.45) is 5.92 Å². The quantitative estimate of drug-likeness (QED) is 0.440. The molecule has 178 valence electrons. The summed E-state index contributed by atoms with van der Waals surface area (Å²) in [7, 11) is 0. The van der Waals surface area contributed by atoms with Crippen molar-refractivity contribution in [3.05, 3.63) is 77.9 Å². The van der Waals surface area contributed by atoms with Crippen LogP contribution in [-0.2, 0) is 6.42 Å². The number of rotatable bonds is 6. The van der Waals surface area contributed by atoms with Crippen LogP contribution in [0.3, 0.4) is 0 Å². The summed E-state index contributed by atoms with van der Waals surface area (Å²) in [5, 5.41) is 8.83. The monoisotopic (exact) mass is 455 g/mol. The lowest BCUT2D eigenvalue weighted by molar-refractivity contribution is 0.223. The number of para-hydroxylation sites is 1. The van der Waals surface area contributed by atoms with E-state index in [1.165, 1.54) is 60.7 Å². The topological polar surface area (TPSA) is 44.4 Å². The zero-order valence-corrected chi connectivity index (χ0v) is 20.3. The Hall–Kier alpha value is -3.01. The third-order valence-corrected chi connectivity index (χ3v) is 7.83. The molecule has 2 N–H and O–H groups in total. The number of amides is 2. The van der Waals surface area contributed by atoms with Crippen LogP contribution in [0.5, 0.6) is 0 Å². The van der Waals surface area contributed by atoms with Crippen LogP contribution in [0.4, 0.5) is 10.5 Å². The summed E-state index contributed by atoms with van der Waals surface area (Å²) in [6.45, 7) is 4.41. The third-order valence-electron chi connectivity index (χ3n) is 7.83. The molecule has 1 aliphatic heterocycles. The minimum absolute atomic E-state index is 0.0325. The van der Waals surface area contributed by atoms with E-state index < -0.39 is 0 Å². The minimum atomic E-state index is -0.0474. The van der Waals surface area contributed by atoms with Gasteiger partial charge in [-0.25, -0.2) is 4.79 Å². The molecule has 3 aromatic carbocycles. The highest BCUT2D eigenvalue weighted by molar-refractivity contribution is 5.86. The number of carbonyl (C=O) groups excluding carboxylic acids is 1. The van der Waals surface area contributed by atoms with Gasteiger partial charge in [0.15, 0.2) is 0 Å². The molecule has 4 nitrogen and oxygen atoms in total. The van der Waals surface area contributed by atoms with Gasteiger partial charge in [0.25, 0.3) is 0 Å². The lowest BCUT2D eigenvalue weighted by Crippen LogP contribution is -2.44. The highest BCUT2D eigenvalue weighted by Gasteiger charge is 2.24. The summed E-state index contributed by atoms with van der Waals surface area (Å²) in [6.07, 6.45) is 8.31. The number of nitrogens with zero attached hydrogens (tertiary/aromatic N) is 1. The molecule has 1 aliphatic carbocycles. The molecule has 0 bridgehead atoms. The van der Waals surface area contributed by atoms with Crippen LogP contribution >= 0.6 is 0 Å². The molecular weight excluding hydrogens is 418 g/mol. The molecule has 2 amide bonds. The highest BCUT2D eigenvalue weighted by Crippen LogP contribution is 2.31. The molecule has 1 unspecified atom stereocenters. The minimum Gasteiger partial charge on any atom is -0.371 e. The van der Waals surface area contributed by atoms with E-state index in [0.29, 0.717) is 0 Å². The second-order valence-electron chi connectivity index (χ2n) is 10.1. The number of hydrogen-bond acceptors (Lipinski definition) is 2. The maximum Gasteiger partial charge on any atom is 0.315 e. The van der Waals surface area contributed by atoms with E-state index in [4.69, 9.17) is 0 Å². The average molecular weight is 456 g/mol. The second-order valence-corrected chi connectivity index (χ2v) is 10.1. The number of nitrogens with one attached hydrogen (secondary N) is 2. The SMILES string of the molecule is CC(NC(=O)NC1CCC(CCN2CCCc3ccccc32)CC1)c1cccc2ccccc12. The Morgan fingerprint density at radius 3 is 2.62 bits per heavy atom. The molecule has 0 saturated heterocycles. The summed E-state index contributed by atoms with van der Waals surface area (Å²) >= 11 is 0. The van der Waals surface area contributed by atoms with E-state index in [9.17, 15) is 4.79 Å². The first-order valence-corrected chi connectivity index (χ1v) is 13.0. The van der Waals surface area contributed by atoms with Crippen molar-refractivity contribution in [3.63, 3.8) is 0 Å². The molecule has 1 fully saturated rings. The highest BCUT2D eigenvalue weighted by atomic mass is 16.2. The van der Waals surface area contributed by atoms with Crippen LogP contribution in [0.2, 0.25) is 0 Å². The Morgan fingerprint density at radius 1 is 0.971 bits per heavy atom. The summed E-state index contributed by atoms with van der Waals surface area (Å²) in [4.78, 5) is 15.3. The van der Waals surface area contributed by atoms with E-state index in [0.717, 1.165) is 30.9 Å². The molecule has 1 saturated carbocycles. The molecular formula is C30H37N3O. The van der Waals surface area contributed by atoms with Gasteiger partial charge >= 0.3 is 6.03 Å². The lowest BCUT2D eigenvalue weighted by Gasteiger charge is -2.34. The predicted molar refractivity (Wildman–Crippen MR) is 141 cm³/mol. The van der Waals surface area contributed by atoms with Crippen LogP contribution in [0.15, 0.2) is 66.7 Å². The second kappa shape index (κ2) is 10.5. The fraction of sp³-hybridized carbons (Fsp3) is 0.433. The fourth-order valence-electron chi connectivity index (χ4n) is 5.91. The molecule has 4 heteroatoms. The Labute approximate surface area is 203 Å². The van der Waals surface area contributed by atoms with Gasteiger partial charge in [-0.05, 0) is 85.8 Å². The molecule has 5 rings (SSSR count). The van der Waals surface area contributed by atoms with Crippen LogP contribution in [-0.4, -0.2) is 25.2 Å². The molecule has 0 spiro atoms. The average Bonchev–Trinajstić information content (AvgIpc) is 2.88. The zero-order valence-electron chi connectivity index (χ0n) is 20.3. The van der Waals surface area contributed by atoms with E-state index in [1.54, 1.807) is 0 Å². The Balaban J connectivity index is 1.08. The van der Waals surface area contributed by atoms with E-state index >= 15 is 0 Å². The number of aryl methyl sites for hydroxylation is 1. The largest absolute Gasteiger partial charge is 0.371 e. The Bertz CT molecular complexity index is 1110. The molecule has 1 atom stereocenters. The predicted octanol–water partition coefficient (Wildman–Crippen LogP) is 6.60. The van der Waals surface area contributed by atoms with Gasteiger partial charge in [0.05, 0.1) is 6.04 Å². The summed E-state index contributed by atoms with van der Waals surface area (Å²) < 4.78 is 0. The van der Waals surface area contributed by atoms with Crippen LogP contribution in [0.25, 0.3) is 10.8 Å². The van der Waals surface area contributed by atoms with Gasteiger partial charge in [0, 0.05) is 24.8 Å². The van der Waals surface area contributed by atoms with E-state index in [-0.39, 0.29) is 18.1 Å². The maximum absolute atomic E-state index is 12.7. The molecule has 3 aromatic rings. The van der Waals surface area contributed by atoms with E-state index in [2.05, 4.69) is 89.2 Å². The van der Waals surface area contributed by atoms with Gasteiger partial charge < -0.3 is 15.5 Å². The molecule has 0 radical (unpaired) electrons. The first kappa shape index (κ1) is 22.8. The number of fused-ring (bicyclic) bond motifs is 2. The van der Waals surface area contributed by atoms with Gasteiger partial charge in [-0.1, -0.05) is 60.7 Å². The lowest BCUT2D eigenvalue weighted by atomic mass is 9.84. The van der Waals surface area contributed by atoms with Crippen molar-refractivity contribution in [2.75, 3.05) is 18.0 Å². The number of urea groups is 1.